The molecule has 1 aromatic heterocycles. The van der Waals surface area contributed by atoms with Crippen molar-refractivity contribution in [2.75, 3.05) is 20.1 Å². The fourth-order valence-electron chi connectivity index (χ4n) is 1.78. The molecule has 0 radical (unpaired) electrons. The topological polar surface area (TPSA) is 49.3 Å². The predicted octanol–water partition coefficient (Wildman–Crippen LogP) is 3.31. The van der Waals surface area contributed by atoms with E-state index in [1.54, 1.807) is 7.05 Å². The summed E-state index contributed by atoms with van der Waals surface area (Å²) in [5, 5.41) is 7.78. The molecule has 2 N–H and O–H groups in total. The van der Waals surface area contributed by atoms with Gasteiger partial charge in [0.05, 0.1) is 5.01 Å². The van der Waals surface area contributed by atoms with Crippen LogP contribution in [0.5, 0.6) is 0 Å². The van der Waals surface area contributed by atoms with Gasteiger partial charge in [0.15, 0.2) is 11.7 Å². The number of aliphatic imine (C=N–C) groups is 1. The maximum absolute atomic E-state index is 12.4. The highest BCUT2D eigenvalue weighted by atomic mass is 32.1. The summed E-state index contributed by atoms with van der Waals surface area (Å²) in [6, 6.07) is 0. The van der Waals surface area contributed by atoms with Crippen molar-refractivity contribution < 1.29 is 13.2 Å². The van der Waals surface area contributed by atoms with Gasteiger partial charge in [-0.15, -0.1) is 11.3 Å². The van der Waals surface area contributed by atoms with E-state index in [1.807, 2.05) is 0 Å². The van der Waals surface area contributed by atoms with E-state index in [0.717, 1.165) is 36.1 Å². The summed E-state index contributed by atoms with van der Waals surface area (Å²) in [6.45, 7) is 5.68. The lowest BCUT2D eigenvalue weighted by atomic mass is 10.1. The Morgan fingerprint density at radius 1 is 1.32 bits per heavy atom. The van der Waals surface area contributed by atoms with Gasteiger partial charge in [-0.2, -0.15) is 13.2 Å². The number of thiazole rings is 1. The molecule has 0 spiro atoms. The number of guanidine groups is 1. The first kappa shape index (κ1) is 18.7. The van der Waals surface area contributed by atoms with Crippen LogP contribution in [0.15, 0.2) is 10.4 Å². The Morgan fingerprint density at radius 3 is 2.55 bits per heavy atom. The third-order valence-electron chi connectivity index (χ3n) is 2.95. The van der Waals surface area contributed by atoms with E-state index in [0.29, 0.717) is 29.9 Å². The molecule has 8 heteroatoms. The van der Waals surface area contributed by atoms with Crippen LogP contribution in [0.25, 0.3) is 0 Å². The Hall–Kier alpha value is -1.31. The van der Waals surface area contributed by atoms with Crippen molar-refractivity contribution in [1.29, 1.82) is 0 Å². The standard InChI is InChI=1S/C14H23F3N4S/c1-10(2)5-4-7-19-13(18-3)20-8-6-12-21-11(9-22-12)14(15,16)17/h9-10H,4-8H2,1-3H3,(H2,18,19,20). The Labute approximate surface area is 133 Å². The van der Waals surface area contributed by atoms with E-state index < -0.39 is 11.9 Å². The van der Waals surface area contributed by atoms with Gasteiger partial charge in [-0.05, 0) is 18.8 Å². The molecule has 126 valence electrons. The second-order valence-corrected chi connectivity index (χ2v) is 6.28. The van der Waals surface area contributed by atoms with Crippen LogP contribution in [0.1, 0.15) is 37.4 Å². The normalized spacial score (nSPS) is 12.8. The molecular weight excluding hydrogens is 313 g/mol. The summed E-state index contributed by atoms with van der Waals surface area (Å²) >= 11 is 1.03. The lowest BCUT2D eigenvalue weighted by molar-refractivity contribution is -0.140. The predicted molar refractivity (Wildman–Crippen MR) is 84.3 cm³/mol. The fourth-order valence-corrected chi connectivity index (χ4v) is 2.59. The molecule has 0 fully saturated rings. The van der Waals surface area contributed by atoms with Crippen LogP contribution in [-0.4, -0.2) is 31.1 Å². The van der Waals surface area contributed by atoms with E-state index in [1.165, 1.54) is 0 Å². The maximum Gasteiger partial charge on any atom is 0.434 e. The Kier molecular flexibility index (Phi) is 7.64. The van der Waals surface area contributed by atoms with Crippen LogP contribution in [0.4, 0.5) is 13.2 Å². The molecule has 22 heavy (non-hydrogen) atoms. The van der Waals surface area contributed by atoms with Crippen molar-refractivity contribution in [2.45, 2.75) is 39.3 Å². The molecule has 0 aromatic carbocycles. The fraction of sp³-hybridized carbons (Fsp3) is 0.714. The van der Waals surface area contributed by atoms with Crippen LogP contribution >= 0.6 is 11.3 Å². The molecule has 0 amide bonds. The first-order valence-corrected chi connectivity index (χ1v) is 8.17. The van der Waals surface area contributed by atoms with Gasteiger partial charge in [0.1, 0.15) is 0 Å². The highest BCUT2D eigenvalue weighted by Crippen LogP contribution is 2.29. The number of hydrogen-bond donors (Lipinski definition) is 2. The minimum atomic E-state index is -4.36. The zero-order valence-corrected chi connectivity index (χ0v) is 13.9. The quantitative estimate of drug-likeness (QED) is 0.456. The number of halogens is 3. The molecule has 1 aromatic rings. The molecule has 4 nitrogen and oxygen atoms in total. The van der Waals surface area contributed by atoms with Crippen LogP contribution in [0.2, 0.25) is 0 Å². The summed E-state index contributed by atoms with van der Waals surface area (Å²) in [6.07, 6.45) is -1.73. The van der Waals surface area contributed by atoms with Crippen molar-refractivity contribution >= 4 is 17.3 Å². The van der Waals surface area contributed by atoms with Gasteiger partial charge in [-0.25, -0.2) is 4.98 Å². The van der Waals surface area contributed by atoms with E-state index in [4.69, 9.17) is 0 Å². The highest BCUT2D eigenvalue weighted by molar-refractivity contribution is 7.09. The number of hydrogen-bond acceptors (Lipinski definition) is 3. The van der Waals surface area contributed by atoms with Gasteiger partial charge in [0, 0.05) is 31.9 Å². The van der Waals surface area contributed by atoms with Gasteiger partial charge < -0.3 is 10.6 Å². The third kappa shape index (κ3) is 7.11. The number of aromatic nitrogens is 1. The van der Waals surface area contributed by atoms with E-state index in [2.05, 4.69) is 34.5 Å². The van der Waals surface area contributed by atoms with Gasteiger partial charge in [0.25, 0.3) is 0 Å². The minimum absolute atomic E-state index is 0.438. The Morgan fingerprint density at radius 2 is 2.00 bits per heavy atom. The maximum atomic E-state index is 12.4. The number of nitrogens with zero attached hydrogens (tertiary/aromatic N) is 2. The summed E-state index contributed by atoms with van der Waals surface area (Å²) in [7, 11) is 1.67. The number of nitrogens with one attached hydrogen (secondary N) is 2. The van der Waals surface area contributed by atoms with Crippen LogP contribution in [0.3, 0.4) is 0 Å². The SMILES string of the molecule is CN=C(NCCCC(C)C)NCCc1nc(C(F)(F)F)cs1. The zero-order valence-electron chi connectivity index (χ0n) is 13.1. The van der Waals surface area contributed by atoms with Gasteiger partial charge in [-0.3, -0.25) is 4.99 Å². The van der Waals surface area contributed by atoms with E-state index in [-0.39, 0.29) is 0 Å². The van der Waals surface area contributed by atoms with Crippen molar-refractivity contribution in [2.24, 2.45) is 10.9 Å². The molecule has 1 rings (SSSR count). The summed E-state index contributed by atoms with van der Waals surface area (Å²) in [4.78, 5) is 7.67. The molecule has 0 atom stereocenters. The largest absolute Gasteiger partial charge is 0.434 e. The second-order valence-electron chi connectivity index (χ2n) is 5.34. The van der Waals surface area contributed by atoms with Crippen LogP contribution < -0.4 is 10.6 Å². The molecule has 0 aliphatic rings. The smallest absolute Gasteiger partial charge is 0.356 e. The molecule has 0 saturated heterocycles. The van der Waals surface area contributed by atoms with E-state index >= 15 is 0 Å². The molecule has 0 bridgehead atoms. The first-order chi connectivity index (χ1) is 10.3. The monoisotopic (exact) mass is 336 g/mol. The van der Waals surface area contributed by atoms with Crippen LogP contribution in [-0.2, 0) is 12.6 Å². The van der Waals surface area contributed by atoms with Gasteiger partial charge in [0.2, 0.25) is 0 Å². The Bertz CT molecular complexity index is 469. The van der Waals surface area contributed by atoms with Crippen molar-refractivity contribution in [1.82, 2.24) is 15.6 Å². The lowest BCUT2D eigenvalue weighted by Crippen LogP contribution is -2.38. The third-order valence-corrected chi connectivity index (χ3v) is 3.86. The molecule has 0 aliphatic heterocycles. The summed E-state index contributed by atoms with van der Waals surface area (Å²) < 4.78 is 37.3. The number of alkyl halides is 3. The molecular formula is C14H23F3N4S. The highest BCUT2D eigenvalue weighted by Gasteiger charge is 2.33. The minimum Gasteiger partial charge on any atom is -0.356 e. The van der Waals surface area contributed by atoms with Gasteiger partial charge >= 0.3 is 6.18 Å². The molecule has 0 saturated carbocycles. The zero-order chi connectivity index (χ0) is 16.6. The van der Waals surface area contributed by atoms with Crippen molar-refractivity contribution in [3.05, 3.63) is 16.1 Å². The average Bonchev–Trinajstić information content (AvgIpc) is 2.90. The molecule has 0 unspecified atom stereocenters. The van der Waals surface area contributed by atoms with Gasteiger partial charge in [-0.1, -0.05) is 13.8 Å². The van der Waals surface area contributed by atoms with Crippen molar-refractivity contribution in [3.63, 3.8) is 0 Å². The first-order valence-electron chi connectivity index (χ1n) is 7.29. The molecule has 1 heterocycles. The summed E-state index contributed by atoms with van der Waals surface area (Å²) in [5.41, 5.74) is -0.816. The average molecular weight is 336 g/mol. The van der Waals surface area contributed by atoms with E-state index in [9.17, 15) is 13.2 Å². The lowest BCUT2D eigenvalue weighted by Gasteiger charge is -2.11. The van der Waals surface area contributed by atoms with Crippen molar-refractivity contribution in [3.8, 4) is 0 Å². The Balaban J connectivity index is 2.28. The summed E-state index contributed by atoms with van der Waals surface area (Å²) in [5.74, 6) is 1.33. The van der Waals surface area contributed by atoms with Crippen LogP contribution in [0, 0.1) is 5.92 Å². The second kappa shape index (κ2) is 8.97. The molecule has 0 aliphatic carbocycles. The number of rotatable bonds is 7.